The molecule has 0 unspecified atom stereocenters. The maximum absolute atomic E-state index is 13.5. The number of imidazole rings is 1. The third-order valence-corrected chi connectivity index (χ3v) is 6.36. The molecular weight excluding hydrogens is 423 g/mol. The summed E-state index contributed by atoms with van der Waals surface area (Å²) in [6, 6.07) is 23.8. The Balaban J connectivity index is 1.58. The Morgan fingerprint density at radius 3 is 2.53 bits per heavy atom. The minimum Gasteiger partial charge on any atom is -0.267 e. The minimum atomic E-state index is -0.296. The van der Waals surface area contributed by atoms with Gasteiger partial charge in [-0.3, -0.25) is 4.79 Å². The Hall–Kier alpha value is -4.10. The Labute approximate surface area is 185 Å². The van der Waals surface area contributed by atoms with E-state index < -0.39 is 0 Å². The quantitative estimate of drug-likeness (QED) is 0.426. The zero-order valence-electron chi connectivity index (χ0n) is 16.7. The molecule has 0 amide bonds. The van der Waals surface area contributed by atoms with E-state index in [2.05, 4.69) is 10.1 Å². The molecule has 0 radical (unpaired) electrons. The van der Waals surface area contributed by atoms with Crippen molar-refractivity contribution < 1.29 is 9.07 Å². The van der Waals surface area contributed by atoms with Crippen LogP contribution in [0.5, 0.6) is 0 Å². The van der Waals surface area contributed by atoms with Gasteiger partial charge in [-0.05, 0) is 42.5 Å². The Kier molecular flexibility index (Phi) is 4.22. The van der Waals surface area contributed by atoms with Crippen molar-refractivity contribution in [2.75, 3.05) is 0 Å². The normalized spacial score (nSPS) is 12.2. The van der Waals surface area contributed by atoms with Crippen molar-refractivity contribution in [1.29, 1.82) is 0 Å². The molecule has 0 aliphatic rings. The number of H-pyrrole nitrogens is 1. The summed E-state index contributed by atoms with van der Waals surface area (Å²) in [4.78, 5) is 18.5. The Bertz CT molecular complexity index is 1700. The van der Waals surface area contributed by atoms with Crippen LogP contribution in [0.25, 0.3) is 39.0 Å². The molecule has 0 atom stereocenters. The second-order valence-electron chi connectivity index (χ2n) is 7.42. The predicted octanol–water partition coefficient (Wildman–Crippen LogP) is 3.87. The van der Waals surface area contributed by atoms with Crippen LogP contribution < -0.4 is 14.8 Å². The van der Waals surface area contributed by atoms with Crippen LogP contribution in [0, 0.1) is 5.82 Å². The molecule has 32 heavy (non-hydrogen) atoms. The first-order valence-electron chi connectivity index (χ1n) is 10.1. The van der Waals surface area contributed by atoms with Crippen LogP contribution in [-0.4, -0.2) is 14.5 Å². The summed E-state index contributed by atoms with van der Waals surface area (Å²) in [6.07, 6.45) is 3.80. The summed E-state index contributed by atoms with van der Waals surface area (Å²) in [5, 5.41) is 3.37. The van der Waals surface area contributed by atoms with Gasteiger partial charge >= 0.3 is 0 Å². The lowest BCUT2D eigenvalue weighted by Crippen LogP contribution is -2.31. The van der Waals surface area contributed by atoms with Crippen LogP contribution >= 0.6 is 11.3 Å². The number of hydrogen-bond donors (Lipinski definition) is 1. The van der Waals surface area contributed by atoms with E-state index in [1.807, 2.05) is 71.6 Å². The molecule has 6 aromatic rings. The molecule has 3 aromatic heterocycles. The van der Waals surface area contributed by atoms with E-state index in [4.69, 9.17) is 0 Å². The van der Waals surface area contributed by atoms with Crippen molar-refractivity contribution in [3.05, 3.63) is 111 Å². The van der Waals surface area contributed by atoms with Crippen molar-refractivity contribution in [2.24, 2.45) is 0 Å². The number of thiazole rings is 1. The minimum absolute atomic E-state index is 0.101. The molecule has 0 aliphatic carbocycles. The maximum atomic E-state index is 13.5. The summed E-state index contributed by atoms with van der Waals surface area (Å²) >= 11 is 1.36. The van der Waals surface area contributed by atoms with Gasteiger partial charge in [0.1, 0.15) is 11.5 Å². The molecule has 0 aliphatic heterocycles. The number of benzene rings is 3. The lowest BCUT2D eigenvalue weighted by Gasteiger charge is -1.97. The van der Waals surface area contributed by atoms with Crippen LogP contribution in [0.2, 0.25) is 0 Å². The van der Waals surface area contributed by atoms with Crippen molar-refractivity contribution in [2.45, 2.75) is 0 Å². The van der Waals surface area contributed by atoms with Crippen molar-refractivity contribution in [3.8, 4) is 16.9 Å². The third kappa shape index (κ3) is 3.02. The van der Waals surface area contributed by atoms with Gasteiger partial charge in [0, 0.05) is 17.7 Å². The van der Waals surface area contributed by atoms with Crippen LogP contribution in [-0.2, 0) is 0 Å². The molecule has 0 spiro atoms. The second kappa shape index (κ2) is 7.25. The third-order valence-electron chi connectivity index (χ3n) is 5.39. The Morgan fingerprint density at radius 1 is 0.969 bits per heavy atom. The SMILES string of the molecule is O=c1c(=Cc2c[n+](-c3ccccc3)[nH]c2-c2ccc(F)cc2)sc2nc3ccccc3n12. The predicted molar refractivity (Wildman–Crippen MR) is 123 cm³/mol. The number of aromatic nitrogens is 4. The molecule has 0 saturated carbocycles. The van der Waals surface area contributed by atoms with Gasteiger partial charge in [0.2, 0.25) is 11.9 Å². The van der Waals surface area contributed by atoms with Gasteiger partial charge in [0.05, 0.1) is 21.1 Å². The number of para-hydroxylation sites is 3. The maximum Gasteiger partial charge on any atom is 0.274 e. The largest absolute Gasteiger partial charge is 0.274 e. The van der Waals surface area contributed by atoms with Crippen LogP contribution in [0.15, 0.2) is 89.9 Å². The Morgan fingerprint density at radius 2 is 1.72 bits per heavy atom. The number of nitrogens with one attached hydrogen (secondary N) is 1. The average Bonchev–Trinajstić information content (AvgIpc) is 3.48. The molecule has 0 fully saturated rings. The number of halogens is 1. The average molecular weight is 439 g/mol. The lowest BCUT2D eigenvalue weighted by molar-refractivity contribution is -0.654. The summed E-state index contributed by atoms with van der Waals surface area (Å²) in [6.45, 7) is 0. The van der Waals surface area contributed by atoms with E-state index in [0.717, 1.165) is 33.5 Å². The van der Waals surface area contributed by atoms with Gasteiger partial charge in [-0.1, -0.05) is 46.4 Å². The fourth-order valence-corrected chi connectivity index (χ4v) is 4.84. The molecule has 0 saturated heterocycles. The van der Waals surface area contributed by atoms with Crippen LogP contribution in [0.3, 0.4) is 0 Å². The van der Waals surface area contributed by atoms with E-state index in [1.54, 1.807) is 16.5 Å². The summed E-state index contributed by atoms with van der Waals surface area (Å²) in [5.74, 6) is -0.296. The van der Waals surface area contributed by atoms with Gasteiger partial charge < -0.3 is 0 Å². The fraction of sp³-hybridized carbons (Fsp3) is 0. The fourth-order valence-electron chi connectivity index (χ4n) is 3.86. The molecular formula is C25H16FN4OS+. The highest BCUT2D eigenvalue weighted by Gasteiger charge is 2.18. The number of aromatic amines is 1. The lowest BCUT2D eigenvalue weighted by atomic mass is 10.1. The summed E-state index contributed by atoms with van der Waals surface area (Å²) < 4.78 is 17.6. The molecule has 5 nitrogen and oxygen atoms in total. The molecule has 1 N–H and O–H groups in total. The topological polar surface area (TPSA) is 54.0 Å². The van der Waals surface area contributed by atoms with Crippen molar-refractivity contribution in [1.82, 2.24) is 14.5 Å². The highest BCUT2D eigenvalue weighted by atomic mass is 32.1. The van der Waals surface area contributed by atoms with E-state index in [9.17, 15) is 9.18 Å². The standard InChI is InChI=1S/C25H15FN4OS/c26-18-12-10-16(11-13-18)23-17(15-29(28-23)19-6-2-1-3-7-19)14-22-24(31)30-21-9-5-4-8-20(21)27-25(30)32-22/h1-15H/p+1. The van der Waals surface area contributed by atoms with Gasteiger partial charge in [-0.25, -0.2) is 13.8 Å². The van der Waals surface area contributed by atoms with E-state index in [-0.39, 0.29) is 11.4 Å². The van der Waals surface area contributed by atoms with Gasteiger partial charge in [0.15, 0.2) is 4.96 Å². The summed E-state index contributed by atoms with van der Waals surface area (Å²) in [7, 11) is 0. The number of rotatable bonds is 3. The first kappa shape index (κ1) is 18.7. The van der Waals surface area contributed by atoms with Crippen LogP contribution in [0.4, 0.5) is 4.39 Å². The first-order chi connectivity index (χ1) is 15.7. The number of fused-ring (bicyclic) bond motifs is 3. The molecule has 6 rings (SSSR count). The molecule has 3 aromatic carbocycles. The van der Waals surface area contributed by atoms with Crippen molar-refractivity contribution in [3.63, 3.8) is 0 Å². The smallest absolute Gasteiger partial charge is 0.267 e. The van der Waals surface area contributed by atoms with Crippen LogP contribution in [0.1, 0.15) is 5.56 Å². The monoisotopic (exact) mass is 439 g/mol. The van der Waals surface area contributed by atoms with Crippen molar-refractivity contribution >= 4 is 33.4 Å². The van der Waals surface area contributed by atoms with E-state index in [0.29, 0.717) is 9.49 Å². The highest BCUT2D eigenvalue weighted by Crippen LogP contribution is 2.22. The molecule has 7 heteroatoms. The zero-order chi connectivity index (χ0) is 21.7. The molecule has 0 bridgehead atoms. The number of nitrogens with zero attached hydrogens (tertiary/aromatic N) is 3. The van der Waals surface area contributed by atoms with E-state index >= 15 is 0 Å². The second-order valence-corrected chi connectivity index (χ2v) is 8.43. The zero-order valence-corrected chi connectivity index (χ0v) is 17.5. The van der Waals surface area contributed by atoms with Gasteiger partial charge in [0.25, 0.3) is 5.56 Å². The number of hydrogen-bond acceptors (Lipinski definition) is 3. The van der Waals surface area contributed by atoms with Gasteiger partial charge in [-0.2, -0.15) is 5.10 Å². The highest BCUT2D eigenvalue weighted by molar-refractivity contribution is 7.15. The van der Waals surface area contributed by atoms with Gasteiger partial charge in [-0.15, -0.1) is 0 Å². The summed E-state index contributed by atoms with van der Waals surface area (Å²) in [5.41, 5.74) is 4.90. The molecule has 3 heterocycles. The first-order valence-corrected chi connectivity index (χ1v) is 10.9. The van der Waals surface area contributed by atoms with E-state index in [1.165, 1.54) is 23.5 Å². The molecule has 154 valence electrons.